The molecule has 2 atom stereocenters. The molecule has 0 aliphatic heterocycles. The summed E-state index contributed by atoms with van der Waals surface area (Å²) in [6, 6.07) is 19.6. The van der Waals surface area contributed by atoms with Gasteiger partial charge in [-0.1, -0.05) is 92.7 Å². The Morgan fingerprint density at radius 2 is 1.72 bits per heavy atom. The minimum Gasteiger partial charge on any atom is -0.103 e. The highest BCUT2D eigenvalue weighted by molar-refractivity contribution is 5.56. The summed E-state index contributed by atoms with van der Waals surface area (Å²) in [5.41, 5.74) is 5.05. The molecule has 0 nitrogen and oxygen atoms in total. The molecule has 25 heavy (non-hydrogen) atoms. The first-order valence-electron chi connectivity index (χ1n) is 9.20. The summed E-state index contributed by atoms with van der Waals surface area (Å²) in [6.45, 7) is 13.0. The molecule has 2 aromatic carbocycles. The van der Waals surface area contributed by atoms with Crippen LogP contribution in [0.4, 0.5) is 0 Å². The Balaban J connectivity index is 2.92. The minimum atomic E-state index is -0.241. The van der Waals surface area contributed by atoms with Crippen molar-refractivity contribution in [1.29, 1.82) is 0 Å². The first-order chi connectivity index (χ1) is 12.1. The molecule has 0 saturated heterocycles. The Bertz CT molecular complexity index is 749. The van der Waals surface area contributed by atoms with Crippen molar-refractivity contribution in [3.63, 3.8) is 0 Å². The van der Waals surface area contributed by atoms with Crippen LogP contribution in [0.1, 0.15) is 43.9 Å². The fourth-order valence-electron chi connectivity index (χ4n) is 3.84. The van der Waals surface area contributed by atoms with E-state index >= 15 is 0 Å². The third kappa shape index (κ3) is 3.54. The second-order valence-corrected chi connectivity index (χ2v) is 6.57. The summed E-state index contributed by atoms with van der Waals surface area (Å²) in [5.74, 6) is 0.253. The Labute approximate surface area is 153 Å². The monoisotopic (exact) mass is 330 g/mol. The molecule has 0 bridgehead atoms. The molecule has 130 valence electrons. The fourth-order valence-corrected chi connectivity index (χ4v) is 3.84. The molecule has 0 heterocycles. The van der Waals surface area contributed by atoms with Gasteiger partial charge in [-0.2, -0.15) is 0 Å². The van der Waals surface area contributed by atoms with Gasteiger partial charge in [-0.05, 0) is 48.4 Å². The summed E-state index contributed by atoms with van der Waals surface area (Å²) in [6.07, 6.45) is 9.91. The van der Waals surface area contributed by atoms with Crippen molar-refractivity contribution in [2.75, 3.05) is 0 Å². The van der Waals surface area contributed by atoms with Gasteiger partial charge in [0.05, 0.1) is 5.41 Å². The van der Waals surface area contributed by atoms with Crippen LogP contribution >= 0.6 is 0 Å². The van der Waals surface area contributed by atoms with E-state index in [1.165, 1.54) is 22.3 Å². The predicted molar refractivity (Wildman–Crippen MR) is 111 cm³/mol. The van der Waals surface area contributed by atoms with Gasteiger partial charge in [0.15, 0.2) is 0 Å². The summed E-state index contributed by atoms with van der Waals surface area (Å²) in [5, 5.41) is 0. The molecule has 0 aliphatic carbocycles. The van der Waals surface area contributed by atoms with Crippen molar-refractivity contribution in [3.05, 3.63) is 108 Å². The third-order valence-electron chi connectivity index (χ3n) is 5.14. The van der Waals surface area contributed by atoms with Crippen LogP contribution in [0.15, 0.2) is 91.1 Å². The molecule has 0 spiro atoms. The number of allylic oxidation sites excluding steroid dienone is 5. The average molecular weight is 331 g/mol. The second kappa shape index (κ2) is 8.67. The van der Waals surface area contributed by atoms with E-state index in [9.17, 15) is 0 Å². The first kappa shape index (κ1) is 19.0. The van der Waals surface area contributed by atoms with Crippen LogP contribution in [0.2, 0.25) is 0 Å². The molecule has 0 N–H and O–H groups in total. The molecule has 0 aromatic heterocycles. The molecule has 0 radical (unpaired) electrons. The number of hydrogen-bond donors (Lipinski definition) is 0. The van der Waals surface area contributed by atoms with Gasteiger partial charge in [0.2, 0.25) is 0 Å². The van der Waals surface area contributed by atoms with Crippen LogP contribution in [-0.2, 0) is 5.41 Å². The quantitative estimate of drug-likeness (QED) is 0.378. The van der Waals surface area contributed by atoms with Crippen LogP contribution in [0.25, 0.3) is 0 Å². The Morgan fingerprint density at radius 3 is 2.28 bits per heavy atom. The van der Waals surface area contributed by atoms with Gasteiger partial charge in [-0.15, -0.1) is 6.58 Å². The van der Waals surface area contributed by atoms with Gasteiger partial charge < -0.3 is 0 Å². The minimum absolute atomic E-state index is 0.241. The second-order valence-electron chi connectivity index (χ2n) is 6.57. The van der Waals surface area contributed by atoms with Gasteiger partial charge in [-0.3, -0.25) is 0 Å². The van der Waals surface area contributed by atoms with Crippen molar-refractivity contribution in [3.8, 4) is 0 Å². The number of rotatable bonds is 7. The van der Waals surface area contributed by atoms with E-state index in [1.54, 1.807) is 0 Å². The molecule has 2 unspecified atom stereocenters. The van der Waals surface area contributed by atoms with Crippen LogP contribution in [0, 0.1) is 12.8 Å². The molecule has 0 saturated carbocycles. The normalized spacial score (nSPS) is 15.8. The van der Waals surface area contributed by atoms with E-state index in [4.69, 9.17) is 0 Å². The van der Waals surface area contributed by atoms with Crippen LogP contribution in [0.5, 0.6) is 0 Å². The zero-order valence-corrected chi connectivity index (χ0v) is 16.0. The fraction of sp³-hybridized carbons (Fsp3) is 0.280. The highest BCUT2D eigenvalue weighted by Gasteiger charge is 2.41. The van der Waals surface area contributed by atoms with E-state index in [0.29, 0.717) is 0 Å². The molecule has 0 heteroatoms. The zero-order valence-electron chi connectivity index (χ0n) is 16.0. The van der Waals surface area contributed by atoms with Gasteiger partial charge >= 0.3 is 0 Å². The molecule has 0 fully saturated rings. The molecule has 0 amide bonds. The lowest BCUT2D eigenvalue weighted by Gasteiger charge is -2.42. The summed E-state index contributed by atoms with van der Waals surface area (Å²) in [4.78, 5) is 0. The van der Waals surface area contributed by atoms with Crippen LogP contribution in [-0.4, -0.2) is 0 Å². The van der Waals surface area contributed by atoms with Crippen molar-refractivity contribution in [1.82, 2.24) is 0 Å². The lowest BCUT2D eigenvalue weighted by Crippen LogP contribution is -2.36. The zero-order chi connectivity index (χ0) is 18.3. The highest BCUT2D eigenvalue weighted by Crippen LogP contribution is 2.47. The van der Waals surface area contributed by atoms with Crippen molar-refractivity contribution in [2.45, 2.75) is 39.5 Å². The molecule has 0 aliphatic rings. The van der Waals surface area contributed by atoms with Crippen molar-refractivity contribution < 1.29 is 0 Å². The average Bonchev–Trinajstić information content (AvgIpc) is 2.66. The third-order valence-corrected chi connectivity index (χ3v) is 5.14. The number of hydrogen-bond acceptors (Lipinski definition) is 0. The largest absolute Gasteiger partial charge is 0.103 e. The van der Waals surface area contributed by atoms with E-state index in [0.717, 1.165) is 6.42 Å². The standard InChI is InChI=1S/C25H30/c1-6-9-16-22(8-3)25(21(5)7-2,23-17-11-10-12-18-23)24-19-14-13-15-20(24)4/h7-19,21H,2,6H2,1,3-5H3/b16-9-,22-8+. The van der Waals surface area contributed by atoms with Crippen molar-refractivity contribution >= 4 is 0 Å². The van der Waals surface area contributed by atoms with E-state index < -0.39 is 0 Å². The molecule has 2 rings (SSSR count). The van der Waals surface area contributed by atoms with Crippen LogP contribution < -0.4 is 0 Å². The molecule has 2 aromatic rings. The Morgan fingerprint density at radius 1 is 1.08 bits per heavy atom. The lowest BCUT2D eigenvalue weighted by atomic mass is 9.60. The maximum Gasteiger partial charge on any atom is 0.0510 e. The summed E-state index contributed by atoms with van der Waals surface area (Å²) < 4.78 is 0. The Kier molecular flexibility index (Phi) is 6.58. The van der Waals surface area contributed by atoms with Gasteiger partial charge in [0.25, 0.3) is 0 Å². The van der Waals surface area contributed by atoms with Gasteiger partial charge in [-0.25, -0.2) is 0 Å². The first-order valence-corrected chi connectivity index (χ1v) is 9.20. The highest BCUT2D eigenvalue weighted by atomic mass is 14.4. The van der Waals surface area contributed by atoms with Gasteiger partial charge in [0, 0.05) is 0 Å². The van der Waals surface area contributed by atoms with E-state index in [-0.39, 0.29) is 11.3 Å². The Hall–Kier alpha value is -2.34. The molecular formula is C25H30. The predicted octanol–water partition coefficient (Wildman–Crippen LogP) is 7.02. The smallest absolute Gasteiger partial charge is 0.0510 e. The van der Waals surface area contributed by atoms with Crippen molar-refractivity contribution in [2.24, 2.45) is 5.92 Å². The summed E-state index contributed by atoms with van der Waals surface area (Å²) in [7, 11) is 0. The number of benzene rings is 2. The topological polar surface area (TPSA) is 0 Å². The number of aryl methyl sites for hydroxylation is 1. The van der Waals surface area contributed by atoms with E-state index in [2.05, 4.69) is 113 Å². The molecular weight excluding hydrogens is 300 g/mol. The maximum atomic E-state index is 4.15. The summed E-state index contributed by atoms with van der Waals surface area (Å²) >= 11 is 0. The van der Waals surface area contributed by atoms with Gasteiger partial charge in [0.1, 0.15) is 0 Å². The maximum absolute atomic E-state index is 4.15. The van der Waals surface area contributed by atoms with Crippen LogP contribution in [0.3, 0.4) is 0 Å². The SMILES string of the molecule is C=CC(C)C(C(/C=C\CC)=C/C)(c1ccccc1)c1ccccc1C. The lowest BCUT2D eigenvalue weighted by molar-refractivity contribution is 0.478. The van der Waals surface area contributed by atoms with E-state index in [1.807, 2.05) is 0 Å².